The van der Waals surface area contributed by atoms with E-state index >= 15 is 0 Å². The van der Waals surface area contributed by atoms with Crippen molar-refractivity contribution in [3.8, 4) is 0 Å². The van der Waals surface area contributed by atoms with Gasteiger partial charge < -0.3 is 15.0 Å². The molecule has 2 amide bonds. The Hall–Kier alpha value is -2.51. The van der Waals surface area contributed by atoms with Crippen LogP contribution in [0.2, 0.25) is 0 Å². The molecule has 1 aromatic carbocycles. The number of hydrogen-bond acceptors (Lipinski definition) is 4. The molecule has 29 heavy (non-hydrogen) atoms. The van der Waals surface area contributed by atoms with Gasteiger partial charge in [0.05, 0.1) is 5.56 Å². The van der Waals surface area contributed by atoms with Crippen LogP contribution in [-0.4, -0.2) is 48.9 Å². The average molecular weight is 412 g/mol. The molecule has 0 saturated carbocycles. The summed E-state index contributed by atoms with van der Waals surface area (Å²) in [4.78, 5) is 37.6. The summed E-state index contributed by atoms with van der Waals surface area (Å²) < 4.78 is 31.4. The Kier molecular flexibility index (Phi) is 10.3. The molecule has 0 radical (unpaired) electrons. The molecule has 0 heterocycles. The van der Waals surface area contributed by atoms with Gasteiger partial charge in [-0.05, 0) is 30.4 Å². The first kappa shape index (κ1) is 24.5. The van der Waals surface area contributed by atoms with Gasteiger partial charge in [0.25, 0.3) is 11.8 Å². The van der Waals surface area contributed by atoms with Crippen LogP contribution in [0.5, 0.6) is 0 Å². The van der Waals surface area contributed by atoms with Crippen molar-refractivity contribution < 1.29 is 27.9 Å². The molecule has 162 valence electrons. The molecule has 6 nitrogen and oxygen atoms in total. The van der Waals surface area contributed by atoms with Crippen LogP contribution in [-0.2, 0) is 14.3 Å². The first-order chi connectivity index (χ1) is 13.6. The molecule has 8 heteroatoms. The minimum atomic E-state index is -0.951. The summed E-state index contributed by atoms with van der Waals surface area (Å²) in [6.45, 7) is 9.05. The maximum absolute atomic E-state index is 13.5. The molecule has 1 N–H and O–H groups in total. The topological polar surface area (TPSA) is 75.7 Å². The van der Waals surface area contributed by atoms with E-state index in [-0.39, 0.29) is 37.5 Å². The van der Waals surface area contributed by atoms with Gasteiger partial charge in [0.1, 0.15) is 11.6 Å². The van der Waals surface area contributed by atoms with Gasteiger partial charge in [-0.15, -0.1) is 0 Å². The minimum Gasteiger partial charge on any atom is -0.456 e. The Balaban J connectivity index is 2.34. The third-order valence-corrected chi connectivity index (χ3v) is 3.90. The third-order valence-electron chi connectivity index (χ3n) is 3.90. The third kappa shape index (κ3) is 9.49. The van der Waals surface area contributed by atoms with Crippen molar-refractivity contribution in [3.05, 3.63) is 35.4 Å². The van der Waals surface area contributed by atoms with E-state index in [2.05, 4.69) is 5.32 Å². The Morgan fingerprint density at radius 3 is 2.24 bits per heavy atom. The molecule has 0 fully saturated rings. The Morgan fingerprint density at radius 2 is 1.69 bits per heavy atom. The number of nitrogens with one attached hydrogen (secondary N) is 1. The Labute approximate surface area is 170 Å². The molecule has 1 rings (SSSR count). The lowest BCUT2D eigenvalue weighted by Gasteiger charge is -2.26. The molecule has 0 atom stereocenters. The van der Waals surface area contributed by atoms with Gasteiger partial charge in [0.15, 0.2) is 6.61 Å². The molecular weight excluding hydrogens is 382 g/mol. The number of nitrogens with zero attached hydrogens (tertiary/aromatic N) is 1. The van der Waals surface area contributed by atoms with E-state index in [0.717, 1.165) is 12.1 Å². The number of amides is 2. The van der Waals surface area contributed by atoms with Crippen molar-refractivity contribution in [3.63, 3.8) is 0 Å². The number of esters is 1. The zero-order valence-electron chi connectivity index (χ0n) is 17.5. The molecular formula is C21H30F2N2O4. The van der Waals surface area contributed by atoms with Crippen molar-refractivity contribution in [2.75, 3.05) is 26.2 Å². The highest BCUT2D eigenvalue weighted by molar-refractivity contribution is 5.94. The van der Waals surface area contributed by atoms with Crippen LogP contribution < -0.4 is 5.32 Å². The molecule has 0 bridgehead atoms. The fourth-order valence-electron chi connectivity index (χ4n) is 2.67. The van der Waals surface area contributed by atoms with Crippen molar-refractivity contribution in [2.45, 2.75) is 40.5 Å². The van der Waals surface area contributed by atoms with Crippen molar-refractivity contribution >= 4 is 17.8 Å². The second kappa shape index (κ2) is 12.1. The van der Waals surface area contributed by atoms with E-state index < -0.39 is 23.5 Å². The number of carbonyl (C=O) groups excluding carboxylic acids is 3. The molecule has 0 aliphatic rings. The first-order valence-electron chi connectivity index (χ1n) is 9.76. The van der Waals surface area contributed by atoms with Gasteiger partial charge in [0, 0.05) is 32.1 Å². The fraction of sp³-hybridized carbons (Fsp3) is 0.571. The standard InChI is InChI=1S/C21H30F2N2O4/c1-14(2)11-25(12-15(3)4)19(26)13-29-20(27)6-5-9-24-21(28)17-8-7-16(22)10-18(17)23/h7-8,10,14-15H,5-6,9,11-13H2,1-4H3,(H,24,28). The predicted octanol–water partition coefficient (Wildman–Crippen LogP) is 3.16. The van der Waals surface area contributed by atoms with Crippen LogP contribution >= 0.6 is 0 Å². The predicted molar refractivity (Wildman–Crippen MR) is 105 cm³/mol. The number of halogens is 2. The highest BCUT2D eigenvalue weighted by Crippen LogP contribution is 2.09. The molecule has 0 aromatic heterocycles. The van der Waals surface area contributed by atoms with Gasteiger partial charge in [-0.25, -0.2) is 8.78 Å². The summed E-state index contributed by atoms with van der Waals surface area (Å²) in [5.74, 6) is -2.57. The summed E-state index contributed by atoms with van der Waals surface area (Å²) in [5.41, 5.74) is -0.269. The normalized spacial score (nSPS) is 10.9. The van der Waals surface area contributed by atoms with Gasteiger partial charge in [0.2, 0.25) is 0 Å². The Bertz CT molecular complexity index is 698. The first-order valence-corrected chi connectivity index (χ1v) is 9.76. The van der Waals surface area contributed by atoms with Crippen molar-refractivity contribution in [2.24, 2.45) is 11.8 Å². The average Bonchev–Trinajstić information content (AvgIpc) is 2.61. The molecule has 1 aromatic rings. The molecule has 0 spiro atoms. The molecule has 0 unspecified atom stereocenters. The highest BCUT2D eigenvalue weighted by atomic mass is 19.1. The zero-order chi connectivity index (χ0) is 22.0. The van der Waals surface area contributed by atoms with Gasteiger partial charge in [-0.2, -0.15) is 0 Å². The van der Waals surface area contributed by atoms with Gasteiger partial charge in [-0.3, -0.25) is 14.4 Å². The van der Waals surface area contributed by atoms with Gasteiger partial charge in [-0.1, -0.05) is 27.7 Å². The van der Waals surface area contributed by atoms with Crippen molar-refractivity contribution in [1.82, 2.24) is 10.2 Å². The van der Waals surface area contributed by atoms with E-state index in [1.54, 1.807) is 4.90 Å². The highest BCUT2D eigenvalue weighted by Gasteiger charge is 2.18. The number of hydrogen-bond donors (Lipinski definition) is 1. The maximum Gasteiger partial charge on any atom is 0.306 e. The molecule has 0 aliphatic carbocycles. The lowest BCUT2D eigenvalue weighted by Crippen LogP contribution is -2.39. The minimum absolute atomic E-state index is 0.00776. The summed E-state index contributed by atoms with van der Waals surface area (Å²) in [6, 6.07) is 2.68. The maximum atomic E-state index is 13.5. The van der Waals surface area contributed by atoms with Crippen molar-refractivity contribution in [1.29, 1.82) is 0 Å². The Morgan fingerprint density at radius 1 is 1.07 bits per heavy atom. The summed E-state index contributed by atoms with van der Waals surface area (Å²) in [6.07, 6.45) is 0.275. The van der Waals surface area contributed by atoms with Crippen LogP contribution in [0.3, 0.4) is 0 Å². The van der Waals surface area contributed by atoms with E-state index in [1.807, 2.05) is 27.7 Å². The monoisotopic (exact) mass is 412 g/mol. The number of rotatable bonds is 11. The molecule has 0 aliphatic heterocycles. The van der Waals surface area contributed by atoms with E-state index in [4.69, 9.17) is 4.74 Å². The van der Waals surface area contributed by atoms with Gasteiger partial charge >= 0.3 is 5.97 Å². The smallest absolute Gasteiger partial charge is 0.306 e. The van der Waals surface area contributed by atoms with E-state index in [9.17, 15) is 23.2 Å². The molecule has 0 saturated heterocycles. The summed E-state index contributed by atoms with van der Waals surface area (Å²) >= 11 is 0. The van der Waals surface area contributed by atoms with E-state index in [1.165, 1.54) is 0 Å². The SMILES string of the molecule is CC(C)CN(CC(C)C)C(=O)COC(=O)CCCNC(=O)c1ccc(F)cc1F. The van der Waals surface area contributed by atoms with Crippen LogP contribution in [0.15, 0.2) is 18.2 Å². The summed E-state index contributed by atoms with van der Waals surface area (Å²) in [7, 11) is 0. The quantitative estimate of drug-likeness (QED) is 0.448. The van der Waals surface area contributed by atoms with Crippen LogP contribution in [0.25, 0.3) is 0 Å². The van der Waals surface area contributed by atoms with Crippen LogP contribution in [0.4, 0.5) is 8.78 Å². The second-order valence-corrected chi connectivity index (χ2v) is 7.73. The second-order valence-electron chi connectivity index (χ2n) is 7.73. The van der Waals surface area contributed by atoms with Crippen LogP contribution in [0, 0.1) is 23.5 Å². The largest absolute Gasteiger partial charge is 0.456 e. The lowest BCUT2D eigenvalue weighted by molar-refractivity contribution is -0.152. The summed E-state index contributed by atoms with van der Waals surface area (Å²) in [5, 5.41) is 2.46. The zero-order valence-corrected chi connectivity index (χ0v) is 17.5. The van der Waals surface area contributed by atoms with E-state index in [0.29, 0.717) is 31.0 Å². The number of ether oxygens (including phenoxy) is 1. The lowest BCUT2D eigenvalue weighted by atomic mass is 10.1. The number of carbonyl (C=O) groups is 3. The fourth-order valence-corrected chi connectivity index (χ4v) is 2.67. The van der Waals surface area contributed by atoms with Crippen LogP contribution in [0.1, 0.15) is 50.9 Å². The number of benzene rings is 1.